The van der Waals surface area contributed by atoms with Gasteiger partial charge < -0.3 is 19.7 Å². The van der Waals surface area contributed by atoms with Crippen molar-refractivity contribution in [1.82, 2.24) is 0 Å². The van der Waals surface area contributed by atoms with Crippen molar-refractivity contribution in [3.63, 3.8) is 0 Å². The Kier molecular flexibility index (Phi) is 4.43. The molecule has 0 aromatic rings. The lowest BCUT2D eigenvalue weighted by atomic mass is 9.46. The minimum atomic E-state index is -0.684. The second-order valence-corrected chi connectivity index (χ2v) is 9.40. The van der Waals surface area contributed by atoms with Crippen molar-refractivity contribution in [3.8, 4) is 0 Å². The normalized spacial score (nSPS) is 48.8. The summed E-state index contributed by atoms with van der Waals surface area (Å²) in [6, 6.07) is 0. The number of rotatable bonds is 1. The van der Waals surface area contributed by atoms with Crippen LogP contribution in [0.3, 0.4) is 0 Å². The fourth-order valence-corrected chi connectivity index (χ4v) is 6.79. The van der Waals surface area contributed by atoms with Gasteiger partial charge >= 0.3 is 6.16 Å². The fraction of sp³-hybridized carbons (Fsp3) is 0.810. The molecule has 4 aliphatic rings. The van der Waals surface area contributed by atoms with Gasteiger partial charge in [-0.25, -0.2) is 4.79 Å². The van der Waals surface area contributed by atoms with E-state index in [4.69, 9.17) is 4.74 Å². The Balaban J connectivity index is 1.66. The predicted octanol–water partition coefficient (Wildman–Crippen LogP) is 2.61. The SMILES string of the molecule is COC(=O)OC1CCC2(C)C(=CC(O)C3C4CCC(=O)C4(C)CC(O)C32)C1. The number of hydrogen-bond acceptors (Lipinski definition) is 6. The number of methoxy groups -OCH3 is 1. The third kappa shape index (κ3) is 2.67. The Morgan fingerprint density at radius 1 is 1.22 bits per heavy atom. The number of aliphatic hydroxyl groups is 2. The molecule has 0 saturated heterocycles. The van der Waals surface area contributed by atoms with E-state index in [0.29, 0.717) is 25.7 Å². The highest BCUT2D eigenvalue weighted by Gasteiger charge is 2.63. The van der Waals surface area contributed by atoms with Gasteiger partial charge in [0.05, 0.1) is 19.3 Å². The van der Waals surface area contributed by atoms with E-state index < -0.39 is 23.8 Å². The van der Waals surface area contributed by atoms with Crippen LogP contribution in [-0.4, -0.2) is 47.6 Å². The summed E-state index contributed by atoms with van der Waals surface area (Å²) >= 11 is 0. The highest BCUT2D eigenvalue weighted by molar-refractivity contribution is 5.87. The Morgan fingerprint density at radius 3 is 2.67 bits per heavy atom. The molecular formula is C21H30O6. The quantitative estimate of drug-likeness (QED) is 0.538. The van der Waals surface area contributed by atoms with Gasteiger partial charge in [-0.2, -0.15) is 0 Å². The van der Waals surface area contributed by atoms with Crippen LogP contribution in [0, 0.1) is 28.6 Å². The molecule has 2 N–H and O–H groups in total. The third-order valence-electron chi connectivity index (χ3n) is 8.16. The summed E-state index contributed by atoms with van der Waals surface area (Å²) in [4.78, 5) is 24.0. The Bertz CT molecular complexity index is 686. The molecule has 3 fully saturated rings. The largest absolute Gasteiger partial charge is 0.508 e. The molecular weight excluding hydrogens is 348 g/mol. The summed E-state index contributed by atoms with van der Waals surface area (Å²) in [5.41, 5.74) is 0.296. The van der Waals surface area contributed by atoms with Crippen molar-refractivity contribution < 1.29 is 29.3 Å². The average Bonchev–Trinajstić information content (AvgIpc) is 2.90. The van der Waals surface area contributed by atoms with Crippen LogP contribution in [-0.2, 0) is 14.3 Å². The van der Waals surface area contributed by atoms with Gasteiger partial charge in [0.25, 0.3) is 0 Å². The van der Waals surface area contributed by atoms with E-state index in [-0.39, 0.29) is 35.1 Å². The molecule has 6 heteroatoms. The lowest BCUT2D eigenvalue weighted by molar-refractivity contribution is -0.157. The van der Waals surface area contributed by atoms with Gasteiger partial charge in [-0.15, -0.1) is 0 Å². The zero-order chi connectivity index (χ0) is 19.6. The van der Waals surface area contributed by atoms with Crippen LogP contribution in [0.1, 0.15) is 52.4 Å². The lowest BCUT2D eigenvalue weighted by Crippen LogP contribution is -2.60. The first-order valence-corrected chi connectivity index (χ1v) is 10.1. The molecule has 8 atom stereocenters. The van der Waals surface area contributed by atoms with Crippen molar-refractivity contribution in [2.75, 3.05) is 7.11 Å². The molecule has 3 saturated carbocycles. The molecule has 0 aliphatic heterocycles. The first-order valence-electron chi connectivity index (χ1n) is 10.1. The number of fused-ring (bicyclic) bond motifs is 5. The van der Waals surface area contributed by atoms with Crippen LogP contribution in [0.15, 0.2) is 11.6 Å². The van der Waals surface area contributed by atoms with Gasteiger partial charge in [0.2, 0.25) is 0 Å². The van der Waals surface area contributed by atoms with E-state index in [1.807, 2.05) is 13.0 Å². The zero-order valence-corrected chi connectivity index (χ0v) is 16.3. The molecule has 6 nitrogen and oxygen atoms in total. The Labute approximate surface area is 159 Å². The van der Waals surface area contributed by atoms with Gasteiger partial charge in [-0.1, -0.05) is 25.5 Å². The van der Waals surface area contributed by atoms with Crippen molar-refractivity contribution in [2.45, 2.75) is 70.7 Å². The molecule has 0 aromatic carbocycles. The minimum Gasteiger partial charge on any atom is -0.438 e. The van der Waals surface area contributed by atoms with Gasteiger partial charge in [-0.05, 0) is 48.9 Å². The van der Waals surface area contributed by atoms with E-state index in [2.05, 4.69) is 11.7 Å². The molecule has 0 heterocycles. The molecule has 0 radical (unpaired) electrons. The van der Waals surface area contributed by atoms with Gasteiger partial charge in [0.15, 0.2) is 0 Å². The van der Waals surface area contributed by atoms with Crippen LogP contribution in [0.5, 0.6) is 0 Å². The van der Waals surface area contributed by atoms with Crippen molar-refractivity contribution in [2.24, 2.45) is 28.6 Å². The fourth-order valence-electron chi connectivity index (χ4n) is 6.79. The molecule has 4 aliphatic carbocycles. The van der Waals surface area contributed by atoms with E-state index in [0.717, 1.165) is 18.4 Å². The van der Waals surface area contributed by atoms with Crippen LogP contribution in [0.4, 0.5) is 4.79 Å². The molecule has 150 valence electrons. The summed E-state index contributed by atoms with van der Waals surface area (Å²) in [5.74, 6) is 0.173. The van der Waals surface area contributed by atoms with E-state index in [1.54, 1.807) is 0 Å². The van der Waals surface area contributed by atoms with Crippen LogP contribution in [0.25, 0.3) is 0 Å². The zero-order valence-electron chi connectivity index (χ0n) is 16.3. The first-order chi connectivity index (χ1) is 12.7. The maximum absolute atomic E-state index is 12.5. The van der Waals surface area contributed by atoms with E-state index >= 15 is 0 Å². The lowest BCUT2D eigenvalue weighted by Gasteiger charge is -2.59. The highest BCUT2D eigenvalue weighted by atomic mass is 16.7. The number of hydrogen-bond donors (Lipinski definition) is 2. The van der Waals surface area contributed by atoms with E-state index in [9.17, 15) is 19.8 Å². The van der Waals surface area contributed by atoms with Crippen LogP contribution >= 0.6 is 0 Å². The summed E-state index contributed by atoms with van der Waals surface area (Å²) in [7, 11) is 1.29. The van der Waals surface area contributed by atoms with Gasteiger partial charge in [-0.3, -0.25) is 4.79 Å². The number of Topliss-reactive ketones (excluding diaryl/α,β-unsaturated/α-hetero) is 1. The monoisotopic (exact) mass is 378 g/mol. The number of carbonyl (C=O) groups excluding carboxylic acids is 2. The summed E-state index contributed by atoms with van der Waals surface area (Å²) < 4.78 is 9.95. The van der Waals surface area contributed by atoms with Crippen molar-refractivity contribution in [1.29, 1.82) is 0 Å². The second-order valence-electron chi connectivity index (χ2n) is 9.40. The molecule has 0 amide bonds. The van der Waals surface area contributed by atoms with Crippen LogP contribution in [0.2, 0.25) is 0 Å². The molecule has 0 aromatic heterocycles. The number of ketones is 1. The molecule has 0 spiro atoms. The average molecular weight is 378 g/mol. The molecule has 27 heavy (non-hydrogen) atoms. The topological polar surface area (TPSA) is 93.1 Å². The maximum atomic E-state index is 12.5. The number of aliphatic hydroxyl groups excluding tert-OH is 2. The third-order valence-corrected chi connectivity index (χ3v) is 8.16. The number of carbonyl (C=O) groups is 2. The predicted molar refractivity (Wildman–Crippen MR) is 96.8 cm³/mol. The molecule has 4 rings (SSSR count). The standard InChI is InChI=1S/C21H30O6/c1-20-7-6-12(27-19(25)26-3)8-11(20)9-14(22)17-13-4-5-16(24)21(13,2)10-15(23)18(17)20/h9,12-15,17-18,22-23H,4-8,10H2,1-3H3. The number of ether oxygens (including phenoxy) is 2. The van der Waals surface area contributed by atoms with Gasteiger partial charge in [0.1, 0.15) is 11.9 Å². The van der Waals surface area contributed by atoms with Crippen molar-refractivity contribution in [3.05, 3.63) is 11.6 Å². The maximum Gasteiger partial charge on any atom is 0.508 e. The summed E-state index contributed by atoms with van der Waals surface area (Å²) in [6.07, 6.45) is 3.54. The minimum absolute atomic E-state index is 0.0736. The smallest absolute Gasteiger partial charge is 0.438 e. The molecule has 0 bridgehead atoms. The van der Waals surface area contributed by atoms with Crippen LogP contribution < -0.4 is 0 Å². The molecule has 8 unspecified atom stereocenters. The second kappa shape index (κ2) is 6.31. The highest BCUT2D eigenvalue weighted by Crippen LogP contribution is 2.64. The van der Waals surface area contributed by atoms with Gasteiger partial charge in [0, 0.05) is 18.3 Å². The Morgan fingerprint density at radius 2 is 1.96 bits per heavy atom. The van der Waals surface area contributed by atoms with E-state index in [1.165, 1.54) is 7.11 Å². The first kappa shape index (κ1) is 18.9. The van der Waals surface area contributed by atoms with Crippen molar-refractivity contribution >= 4 is 11.9 Å². The summed E-state index contributed by atoms with van der Waals surface area (Å²) in [6.45, 7) is 4.14. The Hall–Kier alpha value is -1.40. The summed E-state index contributed by atoms with van der Waals surface area (Å²) in [5, 5.41) is 22.1.